The van der Waals surface area contributed by atoms with Gasteiger partial charge in [0.1, 0.15) is 11.5 Å². The Hall–Kier alpha value is -2.55. The number of carbonyl (C=O) groups is 1. The van der Waals surface area contributed by atoms with E-state index in [0.717, 1.165) is 31.9 Å². The number of benzene rings is 2. The number of amides is 1. The van der Waals surface area contributed by atoms with Crippen LogP contribution < -0.4 is 25.0 Å². The molecule has 7 nitrogen and oxygen atoms in total. The van der Waals surface area contributed by atoms with Crippen LogP contribution in [0.4, 0.5) is 11.4 Å². The number of hydrogen-bond donors (Lipinski definition) is 2. The van der Waals surface area contributed by atoms with Crippen LogP contribution in [0.15, 0.2) is 36.4 Å². The third-order valence-corrected chi connectivity index (χ3v) is 5.40. The molecule has 2 aromatic carbocycles. The lowest BCUT2D eigenvalue weighted by Gasteiger charge is -2.34. The monoisotopic (exact) mass is 448 g/mol. The number of anilines is 2. The molecule has 0 atom stereocenters. The van der Waals surface area contributed by atoms with E-state index in [4.69, 9.17) is 33.3 Å². The lowest BCUT2D eigenvalue weighted by Crippen LogP contribution is -2.44. The Morgan fingerprint density at radius 1 is 1.03 bits per heavy atom. The normalized spacial score (nSPS) is 14.2. The highest BCUT2D eigenvalue weighted by atomic mass is 35.5. The van der Waals surface area contributed by atoms with Gasteiger partial charge in [0, 0.05) is 43.5 Å². The summed E-state index contributed by atoms with van der Waals surface area (Å²) in [5, 5.41) is 6.47. The van der Waals surface area contributed by atoms with Gasteiger partial charge in [-0.05, 0) is 49.6 Å². The van der Waals surface area contributed by atoms with Crippen molar-refractivity contribution in [3.63, 3.8) is 0 Å². The third kappa shape index (κ3) is 5.53. The van der Waals surface area contributed by atoms with Gasteiger partial charge < -0.3 is 24.6 Å². The van der Waals surface area contributed by atoms with Gasteiger partial charge in [0.25, 0.3) is 5.91 Å². The van der Waals surface area contributed by atoms with Crippen molar-refractivity contribution in [2.45, 2.75) is 0 Å². The summed E-state index contributed by atoms with van der Waals surface area (Å²) in [7, 11) is 5.17. The molecule has 1 fully saturated rings. The minimum absolute atomic E-state index is 0.171. The van der Waals surface area contributed by atoms with E-state index < -0.39 is 0 Å². The van der Waals surface area contributed by atoms with Crippen molar-refractivity contribution in [2.24, 2.45) is 0 Å². The van der Waals surface area contributed by atoms with Crippen LogP contribution in [0, 0.1) is 0 Å². The number of halogens is 1. The Labute approximate surface area is 186 Å². The topological polar surface area (TPSA) is 66.1 Å². The number of piperazine rings is 1. The average molecular weight is 449 g/mol. The lowest BCUT2D eigenvalue weighted by atomic mass is 10.2. The molecule has 1 amide bonds. The van der Waals surface area contributed by atoms with E-state index in [1.807, 2.05) is 18.2 Å². The molecule has 1 aliphatic heterocycles. The van der Waals surface area contributed by atoms with Gasteiger partial charge in [-0.3, -0.25) is 10.1 Å². The molecule has 1 heterocycles. The predicted molar refractivity (Wildman–Crippen MR) is 124 cm³/mol. The van der Waals surface area contributed by atoms with Crippen LogP contribution in [0.3, 0.4) is 0 Å². The molecule has 0 saturated carbocycles. The Morgan fingerprint density at radius 2 is 1.67 bits per heavy atom. The summed E-state index contributed by atoms with van der Waals surface area (Å²) in [5.74, 6) is 0.666. The minimum Gasteiger partial charge on any atom is -0.497 e. The van der Waals surface area contributed by atoms with Gasteiger partial charge in [-0.25, -0.2) is 0 Å². The first-order valence-electron chi connectivity index (χ1n) is 9.48. The number of nitrogens with one attached hydrogen (secondary N) is 2. The van der Waals surface area contributed by atoms with Crippen molar-refractivity contribution in [2.75, 3.05) is 57.7 Å². The van der Waals surface area contributed by atoms with Gasteiger partial charge in [0.05, 0.1) is 24.9 Å². The van der Waals surface area contributed by atoms with E-state index in [-0.39, 0.29) is 11.0 Å². The fourth-order valence-corrected chi connectivity index (χ4v) is 3.68. The molecule has 2 N–H and O–H groups in total. The van der Waals surface area contributed by atoms with Gasteiger partial charge in [-0.2, -0.15) is 0 Å². The van der Waals surface area contributed by atoms with Gasteiger partial charge in [-0.15, -0.1) is 0 Å². The summed E-state index contributed by atoms with van der Waals surface area (Å²) in [4.78, 5) is 17.1. The first kappa shape index (κ1) is 22.1. The standard InChI is InChI=1S/C21H25ClN4O3S/c1-25-6-8-26(9-7-25)19-5-4-15(12-18(19)22)23-21(30)24-20(27)14-10-16(28-2)13-17(11-14)29-3/h4-5,10-13H,6-9H2,1-3H3,(H2,23,24,27,30). The lowest BCUT2D eigenvalue weighted by molar-refractivity contribution is 0.0977. The van der Waals surface area contributed by atoms with Crippen LogP contribution in [-0.2, 0) is 0 Å². The number of rotatable bonds is 5. The number of nitrogens with zero attached hydrogens (tertiary/aromatic N) is 2. The van der Waals surface area contributed by atoms with E-state index in [2.05, 4.69) is 27.5 Å². The predicted octanol–water partition coefficient (Wildman–Crippen LogP) is 3.24. The van der Waals surface area contributed by atoms with Crippen LogP contribution in [-0.4, -0.2) is 63.4 Å². The molecule has 0 aromatic heterocycles. The molecule has 0 bridgehead atoms. The van der Waals surface area contributed by atoms with Crippen molar-refractivity contribution < 1.29 is 14.3 Å². The fraction of sp³-hybridized carbons (Fsp3) is 0.333. The zero-order chi connectivity index (χ0) is 21.7. The van der Waals surface area contributed by atoms with Crippen LogP contribution in [0.2, 0.25) is 5.02 Å². The van der Waals surface area contributed by atoms with Crippen LogP contribution in [0.5, 0.6) is 11.5 Å². The third-order valence-electron chi connectivity index (χ3n) is 4.89. The van der Waals surface area contributed by atoms with Crippen molar-refractivity contribution in [3.05, 3.63) is 47.0 Å². The minimum atomic E-state index is -0.371. The number of hydrogen-bond acceptors (Lipinski definition) is 6. The van der Waals surface area contributed by atoms with Crippen LogP contribution in [0.1, 0.15) is 10.4 Å². The summed E-state index contributed by atoms with van der Waals surface area (Å²) in [6.45, 7) is 3.87. The first-order valence-corrected chi connectivity index (χ1v) is 10.3. The number of likely N-dealkylation sites (N-methyl/N-ethyl adjacent to an activating group) is 1. The summed E-state index contributed by atoms with van der Waals surface area (Å²) >= 11 is 11.8. The molecular formula is C21H25ClN4O3S. The molecular weight excluding hydrogens is 424 g/mol. The second-order valence-corrected chi connectivity index (χ2v) is 7.78. The molecule has 1 aliphatic rings. The Kier molecular flexibility index (Phi) is 7.36. The SMILES string of the molecule is COc1cc(OC)cc(C(=O)NC(=S)Nc2ccc(N3CCN(C)CC3)c(Cl)c2)c1. The second-order valence-electron chi connectivity index (χ2n) is 6.97. The molecule has 3 rings (SSSR count). The zero-order valence-corrected chi connectivity index (χ0v) is 18.8. The molecule has 160 valence electrons. The number of ether oxygens (including phenoxy) is 2. The molecule has 9 heteroatoms. The van der Waals surface area contributed by atoms with Crippen LogP contribution in [0.25, 0.3) is 0 Å². The summed E-state index contributed by atoms with van der Waals surface area (Å²) in [6.07, 6.45) is 0. The molecule has 1 saturated heterocycles. The quantitative estimate of drug-likeness (QED) is 0.680. The van der Waals surface area contributed by atoms with Gasteiger partial charge in [0.2, 0.25) is 0 Å². The van der Waals surface area contributed by atoms with Crippen molar-refractivity contribution in [1.29, 1.82) is 0 Å². The Morgan fingerprint density at radius 3 is 2.23 bits per heavy atom. The highest BCUT2D eigenvalue weighted by Gasteiger charge is 2.17. The van der Waals surface area contributed by atoms with E-state index in [1.54, 1.807) is 18.2 Å². The molecule has 0 unspecified atom stereocenters. The molecule has 0 aliphatic carbocycles. The fourth-order valence-electron chi connectivity index (χ4n) is 3.16. The molecule has 2 aromatic rings. The first-order chi connectivity index (χ1) is 14.4. The number of methoxy groups -OCH3 is 2. The Bertz CT molecular complexity index is 910. The number of carbonyl (C=O) groups excluding carboxylic acids is 1. The molecule has 30 heavy (non-hydrogen) atoms. The maximum atomic E-state index is 12.5. The summed E-state index contributed by atoms with van der Waals surface area (Å²) in [5.41, 5.74) is 2.07. The van der Waals surface area contributed by atoms with E-state index in [0.29, 0.717) is 27.8 Å². The smallest absolute Gasteiger partial charge is 0.257 e. The highest BCUT2D eigenvalue weighted by molar-refractivity contribution is 7.80. The summed E-state index contributed by atoms with van der Waals surface area (Å²) in [6, 6.07) is 10.6. The maximum absolute atomic E-state index is 12.5. The van der Waals surface area contributed by atoms with Crippen molar-refractivity contribution >= 4 is 46.2 Å². The molecule has 0 spiro atoms. The highest BCUT2D eigenvalue weighted by Crippen LogP contribution is 2.29. The second kappa shape index (κ2) is 9.97. The van der Waals surface area contributed by atoms with E-state index >= 15 is 0 Å². The number of thiocarbonyl (C=S) groups is 1. The summed E-state index contributed by atoms with van der Waals surface area (Å²) < 4.78 is 10.4. The average Bonchev–Trinajstić information content (AvgIpc) is 2.74. The van der Waals surface area contributed by atoms with Gasteiger partial charge >= 0.3 is 0 Å². The maximum Gasteiger partial charge on any atom is 0.257 e. The van der Waals surface area contributed by atoms with E-state index in [1.165, 1.54) is 14.2 Å². The largest absolute Gasteiger partial charge is 0.497 e. The Balaban J connectivity index is 1.63. The van der Waals surface area contributed by atoms with Gasteiger partial charge in [-0.1, -0.05) is 11.6 Å². The van der Waals surface area contributed by atoms with Gasteiger partial charge in [0.15, 0.2) is 5.11 Å². The molecule has 0 radical (unpaired) electrons. The van der Waals surface area contributed by atoms with Crippen molar-refractivity contribution in [3.8, 4) is 11.5 Å². The van der Waals surface area contributed by atoms with Crippen molar-refractivity contribution in [1.82, 2.24) is 10.2 Å². The van der Waals surface area contributed by atoms with E-state index in [9.17, 15) is 4.79 Å². The zero-order valence-electron chi connectivity index (χ0n) is 17.2. The van der Waals surface area contributed by atoms with Crippen LogP contribution >= 0.6 is 23.8 Å².